The Morgan fingerprint density at radius 1 is 1.19 bits per heavy atom. The van der Waals surface area contributed by atoms with Crippen LogP contribution < -0.4 is 5.32 Å². The summed E-state index contributed by atoms with van der Waals surface area (Å²) in [7, 11) is 0. The summed E-state index contributed by atoms with van der Waals surface area (Å²) in [6, 6.07) is 14.7. The van der Waals surface area contributed by atoms with Crippen LogP contribution in [0.2, 0.25) is 10.0 Å². The van der Waals surface area contributed by atoms with E-state index < -0.39 is 0 Å². The van der Waals surface area contributed by atoms with Crippen LogP contribution in [0.4, 0.5) is 9.39 Å². The maximum absolute atomic E-state index is 13.5. The van der Waals surface area contributed by atoms with Crippen molar-refractivity contribution < 1.29 is 9.18 Å². The fraction of sp³-hybridized carbons (Fsp3) is 0.379. The van der Waals surface area contributed by atoms with Crippen molar-refractivity contribution in [1.29, 1.82) is 5.26 Å². The molecule has 0 bridgehead atoms. The molecule has 1 atom stereocenters. The Balaban J connectivity index is 1.60. The summed E-state index contributed by atoms with van der Waals surface area (Å²) in [5, 5.41) is 14.8. The second-order valence-corrected chi connectivity index (χ2v) is 11.4. The van der Waals surface area contributed by atoms with Crippen molar-refractivity contribution in [3.8, 4) is 6.07 Å². The maximum atomic E-state index is 13.5. The molecular formula is C29H30Cl2FN3OS. The highest BCUT2D eigenvalue weighted by atomic mass is 35.5. The van der Waals surface area contributed by atoms with Gasteiger partial charge < -0.3 is 5.32 Å². The number of hydrogen-bond acceptors (Lipinski definition) is 4. The zero-order chi connectivity index (χ0) is 26.5. The molecule has 0 spiro atoms. The Labute approximate surface area is 232 Å². The molecule has 4 rings (SSSR count). The molecule has 0 aliphatic heterocycles. The summed E-state index contributed by atoms with van der Waals surface area (Å²) < 4.78 is 13.5. The van der Waals surface area contributed by atoms with E-state index in [1.54, 1.807) is 6.07 Å². The molecule has 1 aromatic heterocycles. The van der Waals surface area contributed by atoms with Gasteiger partial charge in [0.05, 0.1) is 5.56 Å². The molecule has 8 heteroatoms. The fourth-order valence-corrected chi connectivity index (χ4v) is 6.71. The molecule has 2 aromatic carbocycles. The number of rotatable bonds is 9. The molecular weight excluding hydrogens is 528 g/mol. The molecule has 1 aliphatic carbocycles. The number of nitrogens with one attached hydrogen (secondary N) is 1. The van der Waals surface area contributed by atoms with Gasteiger partial charge in [-0.15, -0.1) is 11.3 Å². The number of nitrogens with zero attached hydrogens (tertiary/aromatic N) is 2. The first kappa shape index (κ1) is 27.6. The molecule has 4 nitrogen and oxygen atoms in total. The van der Waals surface area contributed by atoms with Gasteiger partial charge in [0.2, 0.25) is 5.91 Å². The SMILES string of the molecule is CCC(CC)C(=O)Nc1sc2c(c1C#N)CCC(N(Cc1ccc(F)cc1)Cc1ccc(Cl)cc1Cl)C2. The van der Waals surface area contributed by atoms with Gasteiger partial charge in [-0.3, -0.25) is 9.69 Å². The number of benzene rings is 2. The van der Waals surface area contributed by atoms with Gasteiger partial charge in [0, 0.05) is 40.0 Å². The van der Waals surface area contributed by atoms with Gasteiger partial charge in [-0.2, -0.15) is 5.26 Å². The third-order valence-electron chi connectivity index (χ3n) is 7.15. The average Bonchev–Trinajstić information content (AvgIpc) is 3.23. The van der Waals surface area contributed by atoms with Gasteiger partial charge in [-0.05, 0) is 73.1 Å². The molecule has 3 aromatic rings. The maximum Gasteiger partial charge on any atom is 0.228 e. The minimum Gasteiger partial charge on any atom is -0.316 e. The van der Waals surface area contributed by atoms with Crippen molar-refractivity contribution >= 4 is 45.4 Å². The Kier molecular flexibility index (Phi) is 9.26. The van der Waals surface area contributed by atoms with E-state index >= 15 is 0 Å². The number of hydrogen-bond donors (Lipinski definition) is 1. The minimum absolute atomic E-state index is 0.0213. The second-order valence-electron chi connectivity index (χ2n) is 9.49. The minimum atomic E-state index is -0.260. The van der Waals surface area contributed by atoms with E-state index in [1.165, 1.54) is 23.5 Å². The van der Waals surface area contributed by atoms with E-state index in [-0.39, 0.29) is 23.7 Å². The van der Waals surface area contributed by atoms with Gasteiger partial charge >= 0.3 is 0 Å². The largest absolute Gasteiger partial charge is 0.316 e. The van der Waals surface area contributed by atoms with Crippen molar-refractivity contribution in [2.45, 2.75) is 65.1 Å². The van der Waals surface area contributed by atoms with Crippen LogP contribution in [-0.4, -0.2) is 16.8 Å². The number of thiophene rings is 1. The number of carbonyl (C=O) groups excluding carboxylic acids is 1. The molecule has 37 heavy (non-hydrogen) atoms. The standard InChI is InChI=1S/C29H30Cl2FN3OS/c1-3-19(4-2)28(36)34-29-25(15-33)24-12-11-23(14-27(24)37-29)35(16-18-5-9-22(32)10-6-18)17-20-7-8-21(30)13-26(20)31/h5-10,13,19,23H,3-4,11-12,14,16-17H2,1-2H3,(H,34,36). The quantitative estimate of drug-likeness (QED) is 0.290. The highest BCUT2D eigenvalue weighted by Crippen LogP contribution is 2.40. The second kappa shape index (κ2) is 12.4. The van der Waals surface area contributed by atoms with Crippen LogP contribution in [0.3, 0.4) is 0 Å². The number of fused-ring (bicyclic) bond motifs is 1. The van der Waals surface area contributed by atoms with E-state index in [0.717, 1.165) is 53.7 Å². The van der Waals surface area contributed by atoms with E-state index in [2.05, 4.69) is 16.3 Å². The number of carbonyl (C=O) groups is 1. The monoisotopic (exact) mass is 557 g/mol. The van der Waals surface area contributed by atoms with Crippen molar-refractivity contribution in [2.24, 2.45) is 5.92 Å². The topological polar surface area (TPSA) is 56.1 Å². The lowest BCUT2D eigenvalue weighted by Crippen LogP contribution is -2.38. The predicted molar refractivity (Wildman–Crippen MR) is 150 cm³/mol. The molecule has 1 unspecified atom stereocenters. The Morgan fingerprint density at radius 3 is 2.57 bits per heavy atom. The van der Waals surface area contributed by atoms with Crippen LogP contribution in [0.25, 0.3) is 0 Å². The molecule has 1 N–H and O–H groups in total. The van der Waals surface area contributed by atoms with E-state index in [0.29, 0.717) is 33.7 Å². The van der Waals surface area contributed by atoms with Crippen molar-refractivity contribution in [2.75, 3.05) is 5.32 Å². The van der Waals surface area contributed by atoms with E-state index in [4.69, 9.17) is 23.2 Å². The van der Waals surface area contributed by atoms with Crippen LogP contribution in [0.1, 0.15) is 60.2 Å². The molecule has 0 saturated carbocycles. The van der Waals surface area contributed by atoms with Gasteiger partial charge in [0.15, 0.2) is 0 Å². The molecule has 1 aliphatic rings. The lowest BCUT2D eigenvalue weighted by Gasteiger charge is -2.34. The summed E-state index contributed by atoms with van der Waals surface area (Å²) in [5.41, 5.74) is 3.64. The van der Waals surface area contributed by atoms with Gasteiger partial charge in [0.25, 0.3) is 0 Å². The first-order valence-corrected chi connectivity index (χ1v) is 14.2. The third-order valence-corrected chi connectivity index (χ3v) is 8.90. The van der Waals surface area contributed by atoms with Crippen LogP contribution in [0, 0.1) is 23.1 Å². The van der Waals surface area contributed by atoms with Crippen LogP contribution in [0.5, 0.6) is 0 Å². The first-order chi connectivity index (χ1) is 17.8. The van der Waals surface area contributed by atoms with Crippen LogP contribution in [-0.2, 0) is 30.7 Å². The summed E-state index contributed by atoms with van der Waals surface area (Å²) in [6.45, 7) is 5.26. The number of amides is 1. The number of halogens is 3. The zero-order valence-electron chi connectivity index (χ0n) is 21.0. The van der Waals surface area contributed by atoms with Crippen LogP contribution >= 0.6 is 34.5 Å². The third kappa shape index (κ3) is 6.53. The van der Waals surface area contributed by atoms with Crippen molar-refractivity contribution in [3.63, 3.8) is 0 Å². The summed E-state index contributed by atoms with van der Waals surface area (Å²) >= 11 is 14.2. The van der Waals surface area contributed by atoms with E-state index in [1.807, 2.05) is 38.1 Å². The van der Waals surface area contributed by atoms with Gasteiger partial charge in [-0.25, -0.2) is 4.39 Å². The number of anilines is 1. The molecule has 0 fully saturated rings. The van der Waals surface area contributed by atoms with Crippen LogP contribution in [0.15, 0.2) is 42.5 Å². The molecule has 0 saturated heterocycles. The Bertz CT molecular complexity index is 1300. The lowest BCUT2D eigenvalue weighted by molar-refractivity contribution is -0.120. The summed E-state index contributed by atoms with van der Waals surface area (Å²) in [5.74, 6) is -0.343. The van der Waals surface area contributed by atoms with Crippen molar-refractivity contribution in [1.82, 2.24) is 4.90 Å². The molecule has 0 radical (unpaired) electrons. The average molecular weight is 559 g/mol. The molecule has 1 heterocycles. The molecule has 194 valence electrons. The number of nitriles is 1. The summed E-state index contributed by atoms with van der Waals surface area (Å²) in [4.78, 5) is 16.2. The normalized spacial score (nSPS) is 15.0. The highest BCUT2D eigenvalue weighted by molar-refractivity contribution is 7.16. The van der Waals surface area contributed by atoms with E-state index in [9.17, 15) is 14.4 Å². The van der Waals surface area contributed by atoms with Crippen molar-refractivity contribution in [3.05, 3.63) is 85.5 Å². The molecule has 1 amide bonds. The van der Waals surface area contributed by atoms with Gasteiger partial charge in [0.1, 0.15) is 16.9 Å². The smallest absolute Gasteiger partial charge is 0.228 e. The first-order valence-electron chi connectivity index (χ1n) is 12.6. The Morgan fingerprint density at radius 2 is 1.92 bits per heavy atom. The van der Waals surface area contributed by atoms with Gasteiger partial charge in [-0.1, -0.05) is 55.2 Å². The highest BCUT2D eigenvalue weighted by Gasteiger charge is 2.30. The predicted octanol–water partition coefficient (Wildman–Crippen LogP) is 8.00. The summed E-state index contributed by atoms with van der Waals surface area (Å²) in [6.07, 6.45) is 3.92. The lowest BCUT2D eigenvalue weighted by atomic mass is 9.90. The zero-order valence-corrected chi connectivity index (χ0v) is 23.3. The fourth-order valence-electron chi connectivity index (χ4n) is 4.97. The Hall–Kier alpha value is -2.43.